The van der Waals surface area contributed by atoms with Gasteiger partial charge in [-0.05, 0) is 43.2 Å². The smallest absolute Gasteiger partial charge is 0.0339 e. The molecule has 1 aliphatic rings. The maximum atomic E-state index is 5.24. The van der Waals surface area contributed by atoms with Gasteiger partial charge in [0.05, 0.1) is 0 Å². The van der Waals surface area contributed by atoms with Crippen molar-refractivity contribution in [3.63, 3.8) is 0 Å². The molecular formula is C15H19NS. The molecule has 0 saturated carbocycles. The van der Waals surface area contributed by atoms with Gasteiger partial charge in [-0.25, -0.2) is 0 Å². The molecule has 2 rings (SSSR count). The van der Waals surface area contributed by atoms with E-state index in [1.54, 1.807) is 0 Å². The van der Waals surface area contributed by atoms with Gasteiger partial charge in [0.15, 0.2) is 0 Å². The summed E-state index contributed by atoms with van der Waals surface area (Å²) in [6.45, 7) is 1.07. The number of thioether (sulfide) groups is 1. The third-order valence-corrected chi connectivity index (χ3v) is 4.22. The number of hydrogen-bond donors (Lipinski definition) is 1. The number of hydrogen-bond acceptors (Lipinski definition) is 2. The Hall–Kier alpha value is -0.910. The summed E-state index contributed by atoms with van der Waals surface area (Å²) in [5.74, 6) is 3.91. The Morgan fingerprint density at radius 3 is 3.12 bits per heavy atom. The molecular weight excluding hydrogens is 226 g/mol. The van der Waals surface area contributed by atoms with Crippen molar-refractivity contribution in [2.75, 3.05) is 12.3 Å². The van der Waals surface area contributed by atoms with E-state index in [1.165, 1.54) is 29.1 Å². The molecule has 0 radical (unpaired) electrons. The maximum Gasteiger partial charge on any atom is 0.0339 e. The van der Waals surface area contributed by atoms with Crippen molar-refractivity contribution in [1.29, 1.82) is 0 Å². The van der Waals surface area contributed by atoms with Crippen molar-refractivity contribution in [1.82, 2.24) is 5.32 Å². The lowest BCUT2D eigenvalue weighted by Crippen LogP contribution is -2.25. The first-order valence-corrected chi connectivity index (χ1v) is 7.29. The van der Waals surface area contributed by atoms with Gasteiger partial charge in [0, 0.05) is 17.4 Å². The Bertz CT molecular complexity index is 394. The minimum absolute atomic E-state index is 0.540. The molecule has 0 aromatic heterocycles. The van der Waals surface area contributed by atoms with Crippen LogP contribution in [-0.4, -0.2) is 12.3 Å². The molecule has 1 N–H and O–H groups in total. The normalized spacial score (nSPS) is 18.4. The van der Waals surface area contributed by atoms with Gasteiger partial charge in [-0.3, -0.25) is 0 Å². The molecule has 1 unspecified atom stereocenters. The number of benzene rings is 1. The van der Waals surface area contributed by atoms with Crippen LogP contribution in [0.15, 0.2) is 29.2 Å². The van der Waals surface area contributed by atoms with Gasteiger partial charge >= 0.3 is 0 Å². The molecule has 1 aromatic carbocycles. The summed E-state index contributed by atoms with van der Waals surface area (Å²) in [6.07, 6.45) is 9.69. The zero-order chi connectivity index (χ0) is 11.9. The molecule has 1 aliphatic heterocycles. The second-order valence-electron chi connectivity index (χ2n) is 4.34. The summed E-state index contributed by atoms with van der Waals surface area (Å²) in [5, 5.41) is 3.65. The molecule has 0 saturated heterocycles. The molecule has 1 nitrogen and oxygen atoms in total. The topological polar surface area (TPSA) is 12.0 Å². The number of nitrogens with one attached hydrogen (secondary N) is 1. The van der Waals surface area contributed by atoms with Crippen molar-refractivity contribution >= 4 is 11.8 Å². The SMILES string of the molecule is C#CCCCCNC1CCSc2ccccc21. The van der Waals surface area contributed by atoms with Crippen molar-refractivity contribution in [3.8, 4) is 12.3 Å². The zero-order valence-electron chi connectivity index (χ0n) is 10.1. The van der Waals surface area contributed by atoms with Crippen LogP contribution in [0.5, 0.6) is 0 Å². The lowest BCUT2D eigenvalue weighted by molar-refractivity contribution is 0.497. The molecule has 0 amide bonds. The molecule has 0 spiro atoms. The standard InChI is InChI=1S/C15H19NS/c1-2-3-4-7-11-16-14-10-12-17-15-9-6-5-8-13(14)15/h1,5-6,8-9,14,16H,3-4,7,10-12H2. The third kappa shape index (κ3) is 3.52. The molecule has 2 heteroatoms. The first-order chi connectivity index (χ1) is 8.42. The Morgan fingerprint density at radius 1 is 1.35 bits per heavy atom. The Kier molecular flexibility index (Phi) is 4.97. The summed E-state index contributed by atoms with van der Waals surface area (Å²) in [4.78, 5) is 1.44. The summed E-state index contributed by atoms with van der Waals surface area (Å²) >= 11 is 1.97. The maximum absolute atomic E-state index is 5.24. The van der Waals surface area contributed by atoms with E-state index in [0.29, 0.717) is 6.04 Å². The highest BCUT2D eigenvalue weighted by atomic mass is 32.2. The quantitative estimate of drug-likeness (QED) is 0.628. The molecule has 0 bridgehead atoms. The van der Waals surface area contributed by atoms with Crippen LogP contribution >= 0.6 is 11.8 Å². The van der Waals surface area contributed by atoms with Crippen LogP contribution in [0.25, 0.3) is 0 Å². The second kappa shape index (κ2) is 6.74. The van der Waals surface area contributed by atoms with Crippen molar-refractivity contribution in [3.05, 3.63) is 29.8 Å². The highest BCUT2D eigenvalue weighted by Crippen LogP contribution is 2.35. The first-order valence-electron chi connectivity index (χ1n) is 6.30. The van der Waals surface area contributed by atoms with Crippen LogP contribution < -0.4 is 5.32 Å². The van der Waals surface area contributed by atoms with E-state index in [-0.39, 0.29) is 0 Å². The fraction of sp³-hybridized carbons (Fsp3) is 0.467. The van der Waals surface area contributed by atoms with Crippen LogP contribution in [0.2, 0.25) is 0 Å². The summed E-state index contributed by atoms with van der Waals surface area (Å²) < 4.78 is 0. The summed E-state index contributed by atoms with van der Waals surface area (Å²) in [6, 6.07) is 9.28. The van der Waals surface area contributed by atoms with E-state index < -0.39 is 0 Å². The van der Waals surface area contributed by atoms with E-state index >= 15 is 0 Å². The highest BCUT2D eigenvalue weighted by molar-refractivity contribution is 7.99. The van der Waals surface area contributed by atoms with E-state index in [9.17, 15) is 0 Å². The average molecular weight is 245 g/mol. The van der Waals surface area contributed by atoms with E-state index in [2.05, 4.69) is 35.5 Å². The van der Waals surface area contributed by atoms with Crippen molar-refractivity contribution < 1.29 is 0 Å². The summed E-state index contributed by atoms with van der Waals surface area (Å²) in [7, 11) is 0. The minimum Gasteiger partial charge on any atom is -0.310 e. The van der Waals surface area contributed by atoms with Gasteiger partial charge in [0.1, 0.15) is 0 Å². The largest absolute Gasteiger partial charge is 0.310 e. The van der Waals surface area contributed by atoms with Gasteiger partial charge in [0.25, 0.3) is 0 Å². The zero-order valence-corrected chi connectivity index (χ0v) is 10.9. The van der Waals surface area contributed by atoms with Gasteiger partial charge in [0.2, 0.25) is 0 Å². The average Bonchev–Trinajstić information content (AvgIpc) is 2.39. The number of unbranched alkanes of at least 4 members (excludes halogenated alkanes) is 2. The van der Waals surface area contributed by atoms with Crippen LogP contribution in [0.4, 0.5) is 0 Å². The predicted molar refractivity (Wildman–Crippen MR) is 75.2 cm³/mol. The summed E-state index contributed by atoms with van der Waals surface area (Å²) in [5.41, 5.74) is 1.47. The Labute approximate surface area is 108 Å². The first kappa shape index (κ1) is 12.5. The van der Waals surface area contributed by atoms with Crippen LogP contribution in [0, 0.1) is 12.3 Å². The fourth-order valence-corrected chi connectivity index (χ4v) is 3.31. The van der Waals surface area contributed by atoms with Crippen LogP contribution in [0.1, 0.15) is 37.3 Å². The van der Waals surface area contributed by atoms with Crippen LogP contribution in [0.3, 0.4) is 0 Å². The van der Waals surface area contributed by atoms with Gasteiger partial charge in [-0.15, -0.1) is 24.1 Å². The molecule has 1 heterocycles. The molecule has 0 fully saturated rings. The predicted octanol–water partition coefficient (Wildman–Crippen LogP) is 3.62. The Balaban J connectivity index is 1.84. The van der Waals surface area contributed by atoms with E-state index in [4.69, 9.17) is 6.42 Å². The van der Waals surface area contributed by atoms with Gasteiger partial charge in [-0.1, -0.05) is 18.2 Å². The fourth-order valence-electron chi connectivity index (χ4n) is 2.18. The lowest BCUT2D eigenvalue weighted by Gasteiger charge is -2.26. The van der Waals surface area contributed by atoms with E-state index in [1.807, 2.05) is 11.8 Å². The molecule has 1 aromatic rings. The van der Waals surface area contributed by atoms with Gasteiger partial charge in [-0.2, -0.15) is 0 Å². The minimum atomic E-state index is 0.540. The molecule has 90 valence electrons. The number of rotatable bonds is 5. The number of fused-ring (bicyclic) bond motifs is 1. The van der Waals surface area contributed by atoms with Crippen LogP contribution in [-0.2, 0) is 0 Å². The Morgan fingerprint density at radius 2 is 2.24 bits per heavy atom. The molecule has 0 aliphatic carbocycles. The number of terminal acetylenes is 1. The van der Waals surface area contributed by atoms with Crippen molar-refractivity contribution in [2.24, 2.45) is 0 Å². The molecule has 1 atom stereocenters. The van der Waals surface area contributed by atoms with E-state index in [0.717, 1.165) is 19.4 Å². The third-order valence-electron chi connectivity index (χ3n) is 3.10. The lowest BCUT2D eigenvalue weighted by atomic mass is 10.0. The van der Waals surface area contributed by atoms with Crippen molar-refractivity contribution in [2.45, 2.75) is 36.6 Å². The van der Waals surface area contributed by atoms with Gasteiger partial charge < -0.3 is 5.32 Å². The highest BCUT2D eigenvalue weighted by Gasteiger charge is 2.18. The monoisotopic (exact) mass is 245 g/mol. The molecule has 17 heavy (non-hydrogen) atoms. The second-order valence-corrected chi connectivity index (χ2v) is 5.48.